The fourth-order valence-electron chi connectivity index (χ4n) is 3.30. The standard InChI is InChI=1S/C18H21NO3/c1-12-3-2-4-14(11-12)13-7-9-19(10-8-13)17(20)15-5-6-16(15)18(21)22/h2-4,7,11,15-16H,5-6,8-10H2,1H3,(H,21,22). The number of carbonyl (C=O) groups is 2. The summed E-state index contributed by atoms with van der Waals surface area (Å²) >= 11 is 0. The van der Waals surface area contributed by atoms with Gasteiger partial charge in [-0.25, -0.2) is 0 Å². The number of carbonyl (C=O) groups excluding carboxylic acids is 1. The highest BCUT2D eigenvalue weighted by Crippen LogP contribution is 2.36. The first-order valence-electron chi connectivity index (χ1n) is 7.84. The Bertz CT molecular complexity index is 635. The molecule has 1 aliphatic carbocycles. The van der Waals surface area contributed by atoms with Crippen molar-refractivity contribution in [2.75, 3.05) is 13.1 Å². The summed E-state index contributed by atoms with van der Waals surface area (Å²) < 4.78 is 0. The monoisotopic (exact) mass is 299 g/mol. The summed E-state index contributed by atoms with van der Waals surface area (Å²) in [6.45, 7) is 3.34. The number of benzene rings is 1. The zero-order chi connectivity index (χ0) is 15.7. The van der Waals surface area contributed by atoms with Crippen LogP contribution in [0.15, 0.2) is 30.3 Å². The molecule has 0 saturated heterocycles. The van der Waals surface area contributed by atoms with Gasteiger partial charge in [-0.1, -0.05) is 35.9 Å². The van der Waals surface area contributed by atoms with E-state index in [2.05, 4.69) is 37.3 Å². The number of carboxylic acid groups (broad SMARTS) is 1. The number of nitrogens with zero attached hydrogens (tertiary/aromatic N) is 1. The van der Waals surface area contributed by atoms with Crippen molar-refractivity contribution in [2.24, 2.45) is 11.8 Å². The molecule has 0 bridgehead atoms. The lowest BCUT2D eigenvalue weighted by atomic mass is 9.72. The van der Waals surface area contributed by atoms with Gasteiger partial charge in [0.25, 0.3) is 0 Å². The molecule has 0 aromatic heterocycles. The van der Waals surface area contributed by atoms with E-state index in [0.29, 0.717) is 25.9 Å². The molecule has 1 amide bonds. The Morgan fingerprint density at radius 1 is 1.23 bits per heavy atom. The smallest absolute Gasteiger partial charge is 0.307 e. The molecule has 1 aromatic carbocycles. The van der Waals surface area contributed by atoms with E-state index in [0.717, 1.165) is 6.42 Å². The van der Waals surface area contributed by atoms with Crippen LogP contribution in [0, 0.1) is 18.8 Å². The Morgan fingerprint density at radius 2 is 2.00 bits per heavy atom. The summed E-state index contributed by atoms with van der Waals surface area (Å²) in [4.78, 5) is 25.3. The van der Waals surface area contributed by atoms with Crippen molar-refractivity contribution in [3.63, 3.8) is 0 Å². The molecular formula is C18H21NO3. The molecule has 1 heterocycles. The van der Waals surface area contributed by atoms with Crippen LogP contribution in [0.3, 0.4) is 0 Å². The Labute approximate surface area is 130 Å². The Hall–Kier alpha value is -2.10. The lowest BCUT2D eigenvalue weighted by molar-refractivity contribution is -0.156. The van der Waals surface area contributed by atoms with E-state index in [1.807, 2.05) is 0 Å². The van der Waals surface area contributed by atoms with Crippen LogP contribution < -0.4 is 0 Å². The van der Waals surface area contributed by atoms with Gasteiger partial charge in [0.1, 0.15) is 0 Å². The zero-order valence-corrected chi connectivity index (χ0v) is 12.8. The highest BCUT2D eigenvalue weighted by atomic mass is 16.4. The van der Waals surface area contributed by atoms with Crippen molar-refractivity contribution < 1.29 is 14.7 Å². The second kappa shape index (κ2) is 5.95. The van der Waals surface area contributed by atoms with Gasteiger partial charge >= 0.3 is 5.97 Å². The van der Waals surface area contributed by atoms with Gasteiger partial charge in [-0.2, -0.15) is 0 Å². The lowest BCUT2D eigenvalue weighted by Crippen LogP contribution is -2.47. The average molecular weight is 299 g/mol. The third-order valence-electron chi connectivity index (χ3n) is 4.82. The maximum atomic E-state index is 12.4. The van der Waals surface area contributed by atoms with Crippen LogP contribution in [0.4, 0.5) is 0 Å². The van der Waals surface area contributed by atoms with E-state index in [9.17, 15) is 9.59 Å². The van der Waals surface area contributed by atoms with E-state index in [4.69, 9.17) is 5.11 Å². The molecule has 0 spiro atoms. The molecule has 3 rings (SSSR count). The number of carboxylic acids is 1. The highest BCUT2D eigenvalue weighted by Gasteiger charge is 2.43. The predicted octanol–water partition coefficient (Wildman–Crippen LogP) is 2.72. The third kappa shape index (κ3) is 2.78. The number of amides is 1. The Morgan fingerprint density at radius 3 is 2.55 bits per heavy atom. The molecule has 1 saturated carbocycles. The minimum Gasteiger partial charge on any atom is -0.481 e. The molecule has 1 N–H and O–H groups in total. The summed E-state index contributed by atoms with van der Waals surface area (Å²) in [6, 6.07) is 8.39. The van der Waals surface area contributed by atoms with Crippen LogP contribution in [-0.2, 0) is 9.59 Å². The number of aryl methyl sites for hydroxylation is 1. The highest BCUT2D eigenvalue weighted by molar-refractivity contribution is 5.87. The minimum absolute atomic E-state index is 0.0122. The maximum Gasteiger partial charge on any atom is 0.307 e. The van der Waals surface area contributed by atoms with Crippen molar-refractivity contribution in [3.8, 4) is 0 Å². The molecule has 22 heavy (non-hydrogen) atoms. The van der Waals surface area contributed by atoms with Crippen molar-refractivity contribution in [1.82, 2.24) is 4.90 Å². The summed E-state index contributed by atoms with van der Waals surface area (Å²) in [5.41, 5.74) is 3.73. The number of hydrogen-bond acceptors (Lipinski definition) is 2. The summed E-state index contributed by atoms with van der Waals surface area (Å²) in [5, 5.41) is 9.08. The van der Waals surface area contributed by atoms with E-state index >= 15 is 0 Å². The molecule has 4 nitrogen and oxygen atoms in total. The predicted molar refractivity (Wildman–Crippen MR) is 84.2 cm³/mol. The molecule has 116 valence electrons. The van der Waals surface area contributed by atoms with Crippen LogP contribution in [0.25, 0.3) is 5.57 Å². The largest absolute Gasteiger partial charge is 0.481 e. The van der Waals surface area contributed by atoms with Crippen molar-refractivity contribution >= 4 is 17.4 Å². The summed E-state index contributed by atoms with van der Waals surface area (Å²) in [5.74, 6) is -1.61. The van der Waals surface area contributed by atoms with Crippen molar-refractivity contribution in [2.45, 2.75) is 26.2 Å². The molecule has 2 atom stereocenters. The molecule has 1 fully saturated rings. The van der Waals surface area contributed by atoms with Crippen molar-refractivity contribution in [3.05, 3.63) is 41.5 Å². The van der Waals surface area contributed by atoms with Gasteiger partial charge < -0.3 is 10.0 Å². The molecule has 1 aromatic rings. The Balaban J connectivity index is 1.66. The van der Waals surface area contributed by atoms with Gasteiger partial charge in [-0.3, -0.25) is 9.59 Å². The SMILES string of the molecule is Cc1cccc(C2=CCN(C(=O)C3CCC3C(=O)O)CC2)c1. The van der Waals surface area contributed by atoms with E-state index < -0.39 is 11.9 Å². The van der Waals surface area contributed by atoms with Crippen LogP contribution in [0.2, 0.25) is 0 Å². The van der Waals surface area contributed by atoms with Crippen LogP contribution in [0.1, 0.15) is 30.4 Å². The van der Waals surface area contributed by atoms with Gasteiger partial charge in [-0.15, -0.1) is 0 Å². The van der Waals surface area contributed by atoms with E-state index in [1.165, 1.54) is 16.7 Å². The molecule has 0 radical (unpaired) electrons. The van der Waals surface area contributed by atoms with Gasteiger partial charge in [0.15, 0.2) is 0 Å². The number of aliphatic carboxylic acids is 1. The molecule has 1 aliphatic heterocycles. The fraction of sp³-hybridized carbons (Fsp3) is 0.444. The van der Waals surface area contributed by atoms with Crippen LogP contribution >= 0.6 is 0 Å². The van der Waals surface area contributed by atoms with E-state index in [-0.39, 0.29) is 11.8 Å². The first-order chi connectivity index (χ1) is 10.6. The topological polar surface area (TPSA) is 57.6 Å². The molecule has 2 unspecified atom stereocenters. The number of hydrogen-bond donors (Lipinski definition) is 1. The summed E-state index contributed by atoms with van der Waals surface area (Å²) in [6.07, 6.45) is 4.27. The van der Waals surface area contributed by atoms with Gasteiger partial charge in [0.05, 0.1) is 11.8 Å². The van der Waals surface area contributed by atoms with Gasteiger partial charge in [-0.05, 0) is 37.3 Å². The zero-order valence-electron chi connectivity index (χ0n) is 12.8. The maximum absolute atomic E-state index is 12.4. The molecular weight excluding hydrogens is 278 g/mol. The quantitative estimate of drug-likeness (QED) is 0.933. The first kappa shape index (κ1) is 14.8. The van der Waals surface area contributed by atoms with Gasteiger partial charge in [0.2, 0.25) is 5.91 Å². The van der Waals surface area contributed by atoms with E-state index in [1.54, 1.807) is 4.90 Å². The summed E-state index contributed by atoms with van der Waals surface area (Å²) in [7, 11) is 0. The third-order valence-corrected chi connectivity index (χ3v) is 4.82. The van der Waals surface area contributed by atoms with Gasteiger partial charge in [0, 0.05) is 13.1 Å². The fourth-order valence-corrected chi connectivity index (χ4v) is 3.30. The number of rotatable bonds is 3. The van der Waals surface area contributed by atoms with Crippen molar-refractivity contribution in [1.29, 1.82) is 0 Å². The molecule has 2 aliphatic rings. The van der Waals surface area contributed by atoms with Crippen LogP contribution in [0.5, 0.6) is 0 Å². The minimum atomic E-state index is -0.836. The second-order valence-corrected chi connectivity index (χ2v) is 6.26. The molecule has 4 heteroatoms. The lowest BCUT2D eigenvalue weighted by Gasteiger charge is -2.37. The Kier molecular flexibility index (Phi) is 4.01. The second-order valence-electron chi connectivity index (χ2n) is 6.26. The van der Waals surface area contributed by atoms with Crippen LogP contribution in [-0.4, -0.2) is 35.0 Å². The first-order valence-corrected chi connectivity index (χ1v) is 7.84. The normalized spacial score (nSPS) is 24.4. The average Bonchev–Trinajstić information content (AvgIpc) is 2.45.